The van der Waals surface area contributed by atoms with Gasteiger partial charge in [0.1, 0.15) is 0 Å². The van der Waals surface area contributed by atoms with Gasteiger partial charge < -0.3 is 20.1 Å². The number of hydrogen-bond acceptors (Lipinski definition) is 5. The number of methoxy groups -OCH3 is 1. The Balaban J connectivity index is 0.000000251. The summed E-state index contributed by atoms with van der Waals surface area (Å²) in [4.78, 5) is 21.2. The molecule has 0 spiro atoms. The van der Waals surface area contributed by atoms with E-state index in [4.69, 9.17) is 33.4 Å². The van der Waals surface area contributed by atoms with Crippen molar-refractivity contribution in [1.82, 2.24) is 0 Å². The second kappa shape index (κ2) is 10.0. The molecule has 2 aromatic carbocycles. The maximum atomic E-state index is 10.9. The van der Waals surface area contributed by atoms with E-state index in [9.17, 15) is 14.7 Å². The molecule has 8 heteroatoms. The Labute approximate surface area is 154 Å². The van der Waals surface area contributed by atoms with Crippen LogP contribution in [0.1, 0.15) is 23.3 Å². The molecule has 0 saturated heterocycles. The van der Waals surface area contributed by atoms with Crippen molar-refractivity contribution < 1.29 is 29.6 Å². The summed E-state index contributed by atoms with van der Waals surface area (Å²) in [5.74, 6) is -1.97. The van der Waals surface area contributed by atoms with Gasteiger partial charge in [-0.1, -0.05) is 47.5 Å². The van der Waals surface area contributed by atoms with E-state index >= 15 is 0 Å². The highest BCUT2D eigenvalue weighted by Crippen LogP contribution is 2.18. The molecule has 1 unspecified atom stereocenters. The molecule has 3 N–H and O–H groups in total. The summed E-state index contributed by atoms with van der Waals surface area (Å²) in [6.07, 6.45) is -2.76. The largest absolute Gasteiger partial charge is 0.479 e. The summed E-state index contributed by atoms with van der Waals surface area (Å²) in [5.41, 5.74) is 0.717. The molecule has 6 nitrogen and oxygen atoms in total. The molecule has 0 fully saturated rings. The molecule has 0 aliphatic carbocycles. The number of carbonyl (C=O) groups excluding carboxylic acids is 1. The van der Waals surface area contributed by atoms with Crippen molar-refractivity contribution in [2.75, 3.05) is 7.11 Å². The lowest BCUT2D eigenvalue weighted by Gasteiger charge is -2.07. The number of hydrogen-bond donors (Lipinski definition) is 3. The van der Waals surface area contributed by atoms with Crippen LogP contribution in [-0.4, -0.2) is 34.4 Å². The first kappa shape index (κ1) is 20.9. The summed E-state index contributed by atoms with van der Waals surface area (Å²) in [7, 11) is 1.22. The van der Waals surface area contributed by atoms with Crippen LogP contribution in [0, 0.1) is 0 Å². The van der Waals surface area contributed by atoms with Gasteiger partial charge in [0.25, 0.3) is 0 Å². The smallest absolute Gasteiger partial charge is 0.339 e. The number of esters is 1. The molecule has 2 aromatic rings. The van der Waals surface area contributed by atoms with Gasteiger partial charge in [-0.25, -0.2) is 9.59 Å². The van der Waals surface area contributed by atoms with Gasteiger partial charge in [-0.05, 0) is 35.4 Å². The van der Waals surface area contributed by atoms with Crippen molar-refractivity contribution in [3.05, 3.63) is 69.7 Å². The van der Waals surface area contributed by atoms with Gasteiger partial charge >= 0.3 is 11.9 Å². The molecule has 2 rings (SSSR count). The third-order valence-corrected chi connectivity index (χ3v) is 3.46. The van der Waals surface area contributed by atoms with Crippen molar-refractivity contribution in [3.8, 4) is 0 Å². The van der Waals surface area contributed by atoms with E-state index in [-0.39, 0.29) is 5.56 Å². The number of carboxylic acid groups (broad SMARTS) is 1. The first-order valence-electron chi connectivity index (χ1n) is 6.94. The molecule has 25 heavy (non-hydrogen) atoms. The van der Waals surface area contributed by atoms with Crippen molar-refractivity contribution in [1.29, 1.82) is 0 Å². The Hall–Kier alpha value is -2.12. The van der Waals surface area contributed by atoms with Gasteiger partial charge in [0.15, 0.2) is 12.2 Å². The van der Waals surface area contributed by atoms with Crippen LogP contribution in [0.2, 0.25) is 10.0 Å². The Bertz CT molecular complexity index is 735. The van der Waals surface area contributed by atoms with Crippen molar-refractivity contribution in [3.63, 3.8) is 0 Å². The number of halogens is 2. The first-order valence-corrected chi connectivity index (χ1v) is 7.69. The van der Waals surface area contributed by atoms with Crippen molar-refractivity contribution in [2.24, 2.45) is 0 Å². The zero-order valence-electron chi connectivity index (χ0n) is 13.1. The van der Waals surface area contributed by atoms with Crippen molar-refractivity contribution >= 4 is 35.1 Å². The van der Waals surface area contributed by atoms with Gasteiger partial charge in [0.2, 0.25) is 0 Å². The standard InChI is InChI=1S/C9H9ClO3.C8H7ClO3/c1-13-9(12)8(11)6-3-2-4-7(10)5-6;9-6-3-1-2-5(4-6)7(10)8(11)12/h2-5,8,11H,1H3;1-4,7,10H,(H,11,12)/t;7-/m.0/s1. The fraction of sp³-hybridized carbons (Fsp3) is 0.176. The van der Waals surface area contributed by atoms with Crippen LogP contribution in [0.25, 0.3) is 0 Å². The van der Waals surface area contributed by atoms with Crippen LogP contribution in [0.3, 0.4) is 0 Å². The third kappa shape index (κ3) is 6.72. The van der Waals surface area contributed by atoms with E-state index in [0.29, 0.717) is 15.6 Å². The second-order valence-electron chi connectivity index (χ2n) is 4.78. The molecule has 0 heterocycles. The van der Waals surface area contributed by atoms with E-state index in [1.165, 1.54) is 25.3 Å². The molecule has 0 bridgehead atoms. The minimum Gasteiger partial charge on any atom is -0.479 e. The highest BCUT2D eigenvalue weighted by Gasteiger charge is 2.17. The number of ether oxygens (including phenoxy) is 1. The number of benzene rings is 2. The fourth-order valence-corrected chi connectivity index (χ4v) is 2.14. The zero-order chi connectivity index (χ0) is 19.0. The van der Waals surface area contributed by atoms with E-state index in [2.05, 4.69) is 4.74 Å². The average molecular weight is 387 g/mol. The van der Waals surface area contributed by atoms with Crippen LogP contribution in [-0.2, 0) is 14.3 Å². The summed E-state index contributed by atoms with van der Waals surface area (Å²) in [5, 5.41) is 27.8. The Morgan fingerprint density at radius 3 is 1.72 bits per heavy atom. The third-order valence-electron chi connectivity index (χ3n) is 2.99. The summed E-state index contributed by atoms with van der Waals surface area (Å²) < 4.78 is 4.37. The Morgan fingerprint density at radius 2 is 1.36 bits per heavy atom. The number of aliphatic hydroxyl groups excluding tert-OH is 2. The normalized spacial score (nSPS) is 12.4. The van der Waals surface area contributed by atoms with Crippen LogP contribution in [0.4, 0.5) is 0 Å². The average Bonchev–Trinajstić information content (AvgIpc) is 2.60. The number of aliphatic hydroxyl groups is 2. The molecule has 0 radical (unpaired) electrons. The topological polar surface area (TPSA) is 104 Å². The molecular weight excluding hydrogens is 371 g/mol. The van der Waals surface area contributed by atoms with E-state index in [1.54, 1.807) is 30.3 Å². The highest BCUT2D eigenvalue weighted by molar-refractivity contribution is 6.30. The lowest BCUT2D eigenvalue weighted by molar-refractivity contribution is -0.150. The molecule has 134 valence electrons. The van der Waals surface area contributed by atoms with Crippen LogP contribution < -0.4 is 0 Å². The number of rotatable bonds is 4. The van der Waals surface area contributed by atoms with Crippen LogP contribution in [0.5, 0.6) is 0 Å². The van der Waals surface area contributed by atoms with E-state index < -0.39 is 24.1 Å². The molecule has 0 aliphatic heterocycles. The SMILES string of the molecule is COC(=O)C(O)c1cccc(Cl)c1.O=C(O)[C@@H](O)c1cccc(Cl)c1. The minimum atomic E-state index is -1.50. The van der Waals surface area contributed by atoms with Crippen molar-refractivity contribution in [2.45, 2.75) is 12.2 Å². The molecule has 2 atom stereocenters. The van der Waals surface area contributed by atoms with E-state index in [1.807, 2.05) is 0 Å². The lowest BCUT2D eigenvalue weighted by atomic mass is 10.1. The fourth-order valence-electron chi connectivity index (χ4n) is 1.74. The predicted molar refractivity (Wildman–Crippen MR) is 92.5 cm³/mol. The quantitative estimate of drug-likeness (QED) is 0.697. The van der Waals surface area contributed by atoms with Gasteiger partial charge in [0.05, 0.1) is 7.11 Å². The maximum Gasteiger partial charge on any atom is 0.339 e. The summed E-state index contributed by atoms with van der Waals surface area (Å²) >= 11 is 11.3. The van der Waals surface area contributed by atoms with Gasteiger partial charge in [-0.2, -0.15) is 0 Å². The number of carboxylic acids is 1. The molecule has 0 amide bonds. The predicted octanol–water partition coefficient (Wildman–Crippen LogP) is 3.00. The van der Waals surface area contributed by atoms with Gasteiger partial charge in [-0.15, -0.1) is 0 Å². The summed E-state index contributed by atoms with van der Waals surface area (Å²) in [6.45, 7) is 0. The second-order valence-corrected chi connectivity index (χ2v) is 5.65. The lowest BCUT2D eigenvalue weighted by Crippen LogP contribution is -2.13. The monoisotopic (exact) mass is 386 g/mol. The Kier molecular flexibility index (Phi) is 8.37. The molecule has 0 aliphatic rings. The minimum absolute atomic E-state index is 0.287. The van der Waals surface area contributed by atoms with E-state index in [0.717, 1.165) is 0 Å². The molecule has 0 aromatic heterocycles. The number of aliphatic carboxylic acids is 1. The summed E-state index contributed by atoms with van der Waals surface area (Å²) in [6, 6.07) is 12.6. The molecular formula is C17H16Cl2O6. The first-order chi connectivity index (χ1) is 11.8. The molecule has 0 saturated carbocycles. The maximum absolute atomic E-state index is 10.9. The highest BCUT2D eigenvalue weighted by atomic mass is 35.5. The van der Waals surface area contributed by atoms with Crippen LogP contribution in [0.15, 0.2) is 48.5 Å². The van der Waals surface area contributed by atoms with Crippen LogP contribution >= 0.6 is 23.2 Å². The van der Waals surface area contributed by atoms with Gasteiger partial charge in [-0.3, -0.25) is 0 Å². The Morgan fingerprint density at radius 1 is 0.920 bits per heavy atom. The zero-order valence-corrected chi connectivity index (χ0v) is 14.6. The number of carbonyl (C=O) groups is 2. The van der Waals surface area contributed by atoms with Gasteiger partial charge in [0, 0.05) is 10.0 Å².